The summed E-state index contributed by atoms with van der Waals surface area (Å²) in [6.07, 6.45) is 4.54. The van der Waals surface area contributed by atoms with E-state index in [4.69, 9.17) is 9.47 Å². The summed E-state index contributed by atoms with van der Waals surface area (Å²) in [5.41, 5.74) is 0. The van der Waals surface area contributed by atoms with E-state index in [1.807, 2.05) is 4.90 Å². The van der Waals surface area contributed by atoms with Crippen molar-refractivity contribution in [3.8, 4) is 0 Å². The predicted molar refractivity (Wildman–Crippen MR) is 77.8 cm³/mol. The van der Waals surface area contributed by atoms with Crippen LogP contribution in [0.4, 0.5) is 4.79 Å². The summed E-state index contributed by atoms with van der Waals surface area (Å²) in [6.45, 7) is 7.95. The minimum Gasteiger partial charge on any atom is -0.378 e. The molecule has 5 heteroatoms. The predicted octanol–water partition coefficient (Wildman–Crippen LogP) is 2.01. The van der Waals surface area contributed by atoms with E-state index in [0.717, 1.165) is 32.3 Å². The molecule has 0 unspecified atom stereocenters. The molecule has 2 rings (SSSR count). The van der Waals surface area contributed by atoms with Gasteiger partial charge in [0.25, 0.3) is 0 Å². The van der Waals surface area contributed by atoms with Crippen LogP contribution in [0.15, 0.2) is 0 Å². The number of rotatable bonds is 5. The monoisotopic (exact) mass is 284 g/mol. The zero-order valence-electron chi connectivity index (χ0n) is 12.8. The quantitative estimate of drug-likeness (QED) is 0.840. The van der Waals surface area contributed by atoms with E-state index in [1.165, 1.54) is 0 Å². The van der Waals surface area contributed by atoms with E-state index in [9.17, 15) is 4.79 Å². The van der Waals surface area contributed by atoms with Gasteiger partial charge in [0.15, 0.2) is 0 Å². The molecule has 0 aliphatic carbocycles. The van der Waals surface area contributed by atoms with E-state index in [2.05, 4.69) is 19.2 Å². The highest BCUT2D eigenvalue weighted by Crippen LogP contribution is 2.17. The molecule has 0 saturated carbocycles. The fourth-order valence-electron chi connectivity index (χ4n) is 2.98. The highest BCUT2D eigenvalue weighted by molar-refractivity contribution is 5.74. The molecule has 0 aromatic heterocycles. The van der Waals surface area contributed by atoms with Crippen molar-refractivity contribution in [1.29, 1.82) is 0 Å². The van der Waals surface area contributed by atoms with Crippen molar-refractivity contribution >= 4 is 6.03 Å². The molecule has 2 fully saturated rings. The molecular weight excluding hydrogens is 256 g/mol. The average Bonchev–Trinajstić information content (AvgIpc) is 2.91. The van der Waals surface area contributed by atoms with Crippen molar-refractivity contribution < 1.29 is 14.3 Å². The highest BCUT2D eigenvalue weighted by Gasteiger charge is 2.27. The molecule has 116 valence electrons. The second kappa shape index (κ2) is 7.84. The number of hydrogen-bond acceptors (Lipinski definition) is 3. The number of nitrogens with one attached hydrogen (secondary N) is 1. The molecule has 1 N–H and O–H groups in total. The van der Waals surface area contributed by atoms with Gasteiger partial charge < -0.3 is 19.7 Å². The highest BCUT2D eigenvalue weighted by atomic mass is 16.5. The van der Waals surface area contributed by atoms with Crippen molar-refractivity contribution in [2.45, 2.75) is 51.7 Å². The van der Waals surface area contributed by atoms with Crippen LogP contribution in [0.25, 0.3) is 0 Å². The number of ether oxygens (including phenoxy) is 2. The number of carbonyl (C=O) groups excluding carboxylic acids is 1. The summed E-state index contributed by atoms with van der Waals surface area (Å²) in [6, 6.07) is 0.267. The van der Waals surface area contributed by atoms with Gasteiger partial charge in [-0.15, -0.1) is 0 Å². The summed E-state index contributed by atoms with van der Waals surface area (Å²) in [5.74, 6) is 0.573. The second-order valence-electron chi connectivity index (χ2n) is 6.21. The van der Waals surface area contributed by atoms with Crippen LogP contribution in [0.3, 0.4) is 0 Å². The minimum atomic E-state index is 0.0527. The first-order valence-corrected chi connectivity index (χ1v) is 7.90. The summed E-state index contributed by atoms with van der Waals surface area (Å²) >= 11 is 0. The van der Waals surface area contributed by atoms with E-state index in [1.54, 1.807) is 0 Å². The summed E-state index contributed by atoms with van der Waals surface area (Å²) in [5, 5.41) is 3.03. The van der Waals surface area contributed by atoms with Crippen LogP contribution < -0.4 is 5.32 Å². The first kappa shape index (κ1) is 15.6. The molecule has 0 bridgehead atoms. The van der Waals surface area contributed by atoms with Crippen molar-refractivity contribution in [2.75, 3.05) is 32.9 Å². The molecule has 2 heterocycles. The van der Waals surface area contributed by atoms with Gasteiger partial charge in [-0.2, -0.15) is 0 Å². The summed E-state index contributed by atoms with van der Waals surface area (Å²) < 4.78 is 11.1. The molecule has 5 nitrogen and oxygen atoms in total. The lowest BCUT2D eigenvalue weighted by atomic mass is 10.0. The first-order valence-electron chi connectivity index (χ1n) is 7.90. The van der Waals surface area contributed by atoms with Crippen LogP contribution in [-0.2, 0) is 9.47 Å². The molecule has 20 heavy (non-hydrogen) atoms. The Bertz CT molecular complexity index is 303. The third-order valence-electron chi connectivity index (χ3n) is 4.00. The van der Waals surface area contributed by atoms with Gasteiger partial charge >= 0.3 is 6.03 Å². The fraction of sp³-hybridized carbons (Fsp3) is 0.933. The lowest BCUT2D eigenvalue weighted by Gasteiger charge is -2.36. The van der Waals surface area contributed by atoms with Crippen LogP contribution in [0.1, 0.15) is 39.5 Å². The zero-order chi connectivity index (χ0) is 14.4. The van der Waals surface area contributed by atoms with E-state index >= 15 is 0 Å². The Morgan fingerprint density at radius 3 is 2.95 bits per heavy atom. The van der Waals surface area contributed by atoms with E-state index in [0.29, 0.717) is 38.3 Å². The van der Waals surface area contributed by atoms with E-state index in [-0.39, 0.29) is 12.1 Å². The van der Waals surface area contributed by atoms with E-state index < -0.39 is 0 Å². The molecule has 2 saturated heterocycles. The van der Waals surface area contributed by atoms with Crippen LogP contribution in [0, 0.1) is 5.92 Å². The van der Waals surface area contributed by atoms with Gasteiger partial charge in [-0.25, -0.2) is 4.79 Å². The standard InChI is InChI=1S/C15H28N2O3/c1-12(2)10-13-11-19-9-7-17(13)15(18)16-6-5-14-4-3-8-20-14/h12-14H,3-11H2,1-2H3,(H,16,18)/t13-,14-/m0/s1. The van der Waals surface area contributed by atoms with Gasteiger partial charge in [-0.3, -0.25) is 0 Å². The summed E-state index contributed by atoms with van der Waals surface area (Å²) in [4.78, 5) is 14.2. The lowest BCUT2D eigenvalue weighted by Crippen LogP contribution is -2.53. The number of hydrogen-bond donors (Lipinski definition) is 1. The van der Waals surface area contributed by atoms with Gasteiger partial charge in [0, 0.05) is 19.7 Å². The maximum Gasteiger partial charge on any atom is 0.317 e. The van der Waals surface area contributed by atoms with Gasteiger partial charge in [-0.05, 0) is 31.6 Å². The SMILES string of the molecule is CC(C)C[C@H]1COCCN1C(=O)NCC[C@@H]1CCCO1. The molecule has 0 aromatic rings. The molecular formula is C15H28N2O3. The Kier molecular flexibility index (Phi) is 6.10. The zero-order valence-corrected chi connectivity index (χ0v) is 12.8. The average molecular weight is 284 g/mol. The largest absolute Gasteiger partial charge is 0.378 e. The molecule has 2 amide bonds. The van der Waals surface area contributed by atoms with Gasteiger partial charge in [0.2, 0.25) is 0 Å². The Morgan fingerprint density at radius 1 is 1.40 bits per heavy atom. The maximum absolute atomic E-state index is 12.3. The third kappa shape index (κ3) is 4.63. The number of urea groups is 1. The number of nitrogens with zero attached hydrogens (tertiary/aromatic N) is 1. The number of carbonyl (C=O) groups is 1. The van der Waals surface area contributed by atoms with Crippen molar-refractivity contribution in [3.63, 3.8) is 0 Å². The van der Waals surface area contributed by atoms with Crippen molar-refractivity contribution in [2.24, 2.45) is 5.92 Å². The molecule has 2 aliphatic heterocycles. The van der Waals surface area contributed by atoms with Crippen LogP contribution in [-0.4, -0.2) is 56.0 Å². The summed E-state index contributed by atoms with van der Waals surface area (Å²) in [7, 11) is 0. The van der Waals surface area contributed by atoms with Crippen LogP contribution >= 0.6 is 0 Å². The van der Waals surface area contributed by atoms with Gasteiger partial charge in [0.05, 0.1) is 25.4 Å². The molecule has 0 spiro atoms. The topological polar surface area (TPSA) is 50.8 Å². The molecule has 2 aliphatic rings. The normalized spacial score (nSPS) is 27.1. The third-order valence-corrected chi connectivity index (χ3v) is 4.00. The lowest BCUT2D eigenvalue weighted by molar-refractivity contribution is 0.00538. The van der Waals surface area contributed by atoms with Crippen LogP contribution in [0.2, 0.25) is 0 Å². The van der Waals surface area contributed by atoms with Crippen molar-refractivity contribution in [3.05, 3.63) is 0 Å². The smallest absolute Gasteiger partial charge is 0.317 e. The molecule has 0 aromatic carbocycles. The van der Waals surface area contributed by atoms with Gasteiger partial charge in [-0.1, -0.05) is 13.8 Å². The number of amides is 2. The fourth-order valence-corrected chi connectivity index (χ4v) is 2.98. The first-order chi connectivity index (χ1) is 9.66. The number of morpholine rings is 1. The Balaban J connectivity index is 1.73. The van der Waals surface area contributed by atoms with Crippen molar-refractivity contribution in [1.82, 2.24) is 10.2 Å². The van der Waals surface area contributed by atoms with Crippen LogP contribution in [0.5, 0.6) is 0 Å². The molecule has 0 radical (unpaired) electrons. The molecule has 2 atom stereocenters. The Labute approximate surface area is 122 Å². The maximum atomic E-state index is 12.3. The van der Waals surface area contributed by atoms with Gasteiger partial charge in [0.1, 0.15) is 0 Å². The Morgan fingerprint density at radius 2 is 2.25 bits per heavy atom. The second-order valence-corrected chi connectivity index (χ2v) is 6.21. The minimum absolute atomic E-state index is 0.0527. The Hall–Kier alpha value is -0.810.